The van der Waals surface area contributed by atoms with E-state index in [9.17, 15) is 11.8 Å². The SMILES string of the molecule is [C-]#[N+]c1c(C#N)c(-n2c3ccccc3c3ccc4c5ccccc5oc4c32)c(-c2ccncc2)c(-n2c3ccccc3c3ccc4c5ccccc5oc4c32)c1-n1c2ccccc2c2ccc3c4ccccc4oc3c21. The monoisotopic (exact) mass is 970 g/mol. The standard InChI is InChI=1S/C67H34N6O3/c1-69-58-50(36-68)59(71-51-20-8-2-14-38(51)44-26-29-47-41-17-5-11-23-54(41)74-65(47)60(44)71)57(37-32-34-70-35-33-37)63(72-52-21-9-3-15-39(52)45-27-30-48-42-18-6-12-24-55(42)75-66(48)61(45)72)64(58)73-53-22-10-4-16-40(53)46-28-31-49-43-19-7-13-25-56(43)76-67(49)62(46)73/h2-35H. The molecule has 17 rings (SSSR count). The maximum atomic E-state index is 12.3. The molecule has 0 saturated carbocycles. The molecular formula is C67H34N6O3. The summed E-state index contributed by atoms with van der Waals surface area (Å²) in [7, 11) is 0. The Labute approximate surface area is 429 Å². The van der Waals surface area contributed by atoms with E-state index in [1.807, 2.05) is 91.0 Å². The third-order valence-electron chi connectivity index (χ3n) is 15.8. The van der Waals surface area contributed by atoms with Gasteiger partial charge in [-0.05, 0) is 72.3 Å². The van der Waals surface area contributed by atoms with Gasteiger partial charge in [-0.2, -0.15) is 5.26 Å². The molecule has 0 amide bonds. The van der Waals surface area contributed by atoms with Gasteiger partial charge in [0.05, 0.1) is 68.4 Å². The van der Waals surface area contributed by atoms with Gasteiger partial charge in [-0.25, -0.2) is 4.85 Å². The molecule has 7 aromatic heterocycles. The summed E-state index contributed by atoms with van der Waals surface area (Å²) in [4.78, 5) is 9.21. The minimum Gasteiger partial charge on any atom is -0.454 e. The van der Waals surface area contributed by atoms with Crippen LogP contribution < -0.4 is 0 Å². The highest BCUT2D eigenvalue weighted by atomic mass is 16.3. The van der Waals surface area contributed by atoms with Crippen LogP contribution in [0.15, 0.2) is 220 Å². The van der Waals surface area contributed by atoms with Crippen LogP contribution in [0, 0.1) is 17.9 Å². The number of hydrogen-bond donors (Lipinski definition) is 0. The van der Waals surface area contributed by atoms with Crippen molar-refractivity contribution in [1.82, 2.24) is 18.7 Å². The summed E-state index contributed by atoms with van der Waals surface area (Å²) in [6.45, 7) is 9.65. The Bertz CT molecular complexity index is 5510. The van der Waals surface area contributed by atoms with Crippen molar-refractivity contribution in [3.63, 3.8) is 0 Å². The molecule has 0 aliphatic heterocycles. The van der Waals surface area contributed by atoms with Gasteiger partial charge < -0.3 is 27.0 Å². The molecule has 0 radical (unpaired) electrons. The van der Waals surface area contributed by atoms with Gasteiger partial charge in [0.1, 0.15) is 16.7 Å². The van der Waals surface area contributed by atoms with Gasteiger partial charge in [-0.15, -0.1) is 0 Å². The number of furan rings is 3. The number of para-hydroxylation sites is 6. The first kappa shape index (κ1) is 40.7. The first-order valence-electron chi connectivity index (χ1n) is 25.1. The first-order valence-corrected chi connectivity index (χ1v) is 25.1. The summed E-state index contributed by atoms with van der Waals surface area (Å²) in [5, 5.41) is 23.8. The lowest BCUT2D eigenvalue weighted by Crippen LogP contribution is -2.12. The zero-order valence-corrected chi connectivity index (χ0v) is 40.0. The highest BCUT2D eigenvalue weighted by Crippen LogP contribution is 2.54. The summed E-state index contributed by atoms with van der Waals surface area (Å²) >= 11 is 0. The zero-order valence-electron chi connectivity index (χ0n) is 40.0. The Morgan fingerprint density at radius 1 is 0.382 bits per heavy atom. The van der Waals surface area contributed by atoms with Crippen molar-refractivity contribution < 1.29 is 13.3 Å². The maximum absolute atomic E-state index is 12.3. The molecule has 0 bridgehead atoms. The van der Waals surface area contributed by atoms with Crippen LogP contribution in [0.25, 0.3) is 164 Å². The second-order valence-corrected chi connectivity index (χ2v) is 19.5. The molecule has 0 fully saturated rings. The predicted octanol–water partition coefficient (Wildman–Crippen LogP) is 18.2. The number of pyridine rings is 1. The molecule has 9 nitrogen and oxygen atoms in total. The molecule has 0 unspecified atom stereocenters. The van der Waals surface area contributed by atoms with E-state index in [2.05, 4.69) is 133 Å². The summed E-state index contributed by atoms with van der Waals surface area (Å²) in [5.41, 5.74) is 12.7. The Morgan fingerprint density at radius 2 is 0.737 bits per heavy atom. The highest BCUT2D eigenvalue weighted by molar-refractivity contribution is 6.26. The van der Waals surface area contributed by atoms with Gasteiger partial charge in [0, 0.05) is 82.6 Å². The van der Waals surface area contributed by atoms with Gasteiger partial charge in [0.25, 0.3) is 0 Å². The lowest BCUT2D eigenvalue weighted by atomic mass is 9.94. The average molecular weight is 971 g/mol. The number of benzene rings is 10. The Morgan fingerprint density at radius 3 is 1.14 bits per heavy atom. The average Bonchev–Trinajstić information content (AvgIpc) is 4.50. The van der Waals surface area contributed by atoms with Crippen LogP contribution in [0.4, 0.5) is 5.69 Å². The second-order valence-electron chi connectivity index (χ2n) is 19.5. The van der Waals surface area contributed by atoms with Gasteiger partial charge in [0.2, 0.25) is 5.69 Å². The Kier molecular flexibility index (Phi) is 7.96. The Hall–Kier alpha value is -10.9. The minimum absolute atomic E-state index is 0.159. The van der Waals surface area contributed by atoms with E-state index in [4.69, 9.17) is 13.3 Å². The predicted molar refractivity (Wildman–Crippen MR) is 306 cm³/mol. The number of aromatic nitrogens is 4. The normalized spacial score (nSPS) is 12.2. The van der Waals surface area contributed by atoms with Crippen molar-refractivity contribution in [1.29, 1.82) is 5.26 Å². The highest BCUT2D eigenvalue weighted by Gasteiger charge is 2.35. The first-order chi connectivity index (χ1) is 37.7. The number of fused-ring (bicyclic) bond motifs is 21. The lowest BCUT2D eigenvalue weighted by Gasteiger charge is -2.27. The van der Waals surface area contributed by atoms with E-state index in [0.29, 0.717) is 39.4 Å². The van der Waals surface area contributed by atoms with Crippen molar-refractivity contribution in [2.24, 2.45) is 0 Å². The maximum Gasteiger partial charge on any atom is 0.232 e. The number of rotatable bonds is 4. The smallest absolute Gasteiger partial charge is 0.232 e. The molecule has 0 atom stereocenters. The van der Waals surface area contributed by atoms with Crippen LogP contribution >= 0.6 is 0 Å². The second kappa shape index (κ2) is 14.9. The van der Waals surface area contributed by atoms with Crippen LogP contribution in [0.5, 0.6) is 0 Å². The van der Waals surface area contributed by atoms with Crippen LogP contribution in [0.2, 0.25) is 0 Å². The summed E-state index contributed by atoms with van der Waals surface area (Å²) in [5.74, 6) is 0. The Balaban J connectivity index is 1.20. The third kappa shape index (κ3) is 5.12. The fraction of sp³-hybridized carbons (Fsp3) is 0. The summed E-state index contributed by atoms with van der Waals surface area (Å²) in [6.07, 6.45) is 3.59. The number of hydrogen-bond acceptors (Lipinski definition) is 5. The molecule has 9 heteroatoms. The van der Waals surface area contributed by atoms with Crippen molar-refractivity contribution in [2.75, 3.05) is 0 Å². The largest absolute Gasteiger partial charge is 0.454 e. The fourth-order valence-corrected chi connectivity index (χ4v) is 12.7. The van der Waals surface area contributed by atoms with Gasteiger partial charge in [-0.3, -0.25) is 4.98 Å². The summed E-state index contributed by atoms with van der Waals surface area (Å²) in [6, 6.07) is 69.0. The third-order valence-corrected chi connectivity index (χ3v) is 15.8. The van der Waals surface area contributed by atoms with Crippen molar-refractivity contribution in [3.05, 3.63) is 223 Å². The number of nitriles is 1. The zero-order chi connectivity index (χ0) is 49.9. The molecule has 7 heterocycles. The van der Waals surface area contributed by atoms with Crippen LogP contribution in [0.3, 0.4) is 0 Å². The van der Waals surface area contributed by atoms with Crippen LogP contribution in [0.1, 0.15) is 5.56 Å². The van der Waals surface area contributed by atoms with E-state index >= 15 is 0 Å². The van der Waals surface area contributed by atoms with E-state index < -0.39 is 0 Å². The molecule has 0 spiro atoms. The van der Waals surface area contributed by atoms with E-state index in [-0.39, 0.29) is 11.3 Å². The van der Waals surface area contributed by atoms with E-state index in [0.717, 1.165) is 120 Å². The lowest BCUT2D eigenvalue weighted by molar-refractivity contribution is 0.670. The fourth-order valence-electron chi connectivity index (χ4n) is 12.7. The molecule has 0 saturated heterocycles. The molecule has 10 aromatic carbocycles. The van der Waals surface area contributed by atoms with Crippen molar-refractivity contribution in [2.45, 2.75) is 0 Å². The molecule has 350 valence electrons. The van der Waals surface area contributed by atoms with Crippen molar-refractivity contribution in [3.8, 4) is 34.3 Å². The molecule has 0 N–H and O–H groups in total. The van der Waals surface area contributed by atoms with Crippen LogP contribution in [-0.2, 0) is 0 Å². The van der Waals surface area contributed by atoms with Crippen LogP contribution in [-0.4, -0.2) is 18.7 Å². The minimum atomic E-state index is 0.159. The topological polar surface area (TPSA) is 95.2 Å². The van der Waals surface area contributed by atoms with Crippen molar-refractivity contribution >= 4 is 137 Å². The van der Waals surface area contributed by atoms with E-state index in [1.54, 1.807) is 12.4 Å². The summed E-state index contributed by atoms with van der Waals surface area (Å²) < 4.78 is 27.7. The van der Waals surface area contributed by atoms with Gasteiger partial charge in [-0.1, -0.05) is 127 Å². The molecular weight excluding hydrogens is 937 g/mol. The van der Waals surface area contributed by atoms with Gasteiger partial charge >= 0.3 is 0 Å². The quantitative estimate of drug-likeness (QED) is 0.164. The van der Waals surface area contributed by atoms with E-state index in [1.165, 1.54) is 0 Å². The molecule has 76 heavy (non-hydrogen) atoms. The number of nitrogens with zero attached hydrogens (tertiary/aromatic N) is 6. The van der Waals surface area contributed by atoms with Gasteiger partial charge in [0.15, 0.2) is 16.7 Å². The molecule has 0 aliphatic rings. The molecule has 0 aliphatic carbocycles. The molecule has 17 aromatic rings.